The highest BCUT2D eigenvalue weighted by Gasteiger charge is 2.26. The zero-order chi connectivity index (χ0) is 33.7. The van der Waals surface area contributed by atoms with Crippen molar-refractivity contribution >= 4 is 40.5 Å². The number of amides is 1. The minimum absolute atomic E-state index is 0.0291. The molecule has 14 heteroatoms. The molecule has 47 heavy (non-hydrogen) atoms. The first-order valence-corrected chi connectivity index (χ1v) is 15.4. The molecule has 1 aliphatic heterocycles. The van der Waals surface area contributed by atoms with Crippen LogP contribution in [0.2, 0.25) is 10.0 Å². The van der Waals surface area contributed by atoms with Crippen LogP contribution in [0.25, 0.3) is 10.9 Å². The van der Waals surface area contributed by atoms with Crippen LogP contribution in [-0.2, 0) is 17.9 Å². The van der Waals surface area contributed by atoms with Gasteiger partial charge in [0.1, 0.15) is 31.8 Å². The van der Waals surface area contributed by atoms with Crippen molar-refractivity contribution in [1.29, 1.82) is 5.26 Å². The highest BCUT2D eigenvalue weighted by molar-refractivity contribution is 6.42. The molecule has 0 spiro atoms. The first-order valence-electron chi connectivity index (χ1n) is 14.7. The number of methoxy groups -OCH3 is 1. The Labute approximate surface area is 278 Å². The molecule has 2 heterocycles. The molecule has 246 valence electrons. The van der Waals surface area contributed by atoms with E-state index >= 15 is 0 Å². The smallest absolute Gasteiger partial charge is 0.332 e. The van der Waals surface area contributed by atoms with Gasteiger partial charge in [-0.1, -0.05) is 35.3 Å². The molecule has 3 aromatic carbocycles. The van der Waals surface area contributed by atoms with Gasteiger partial charge in [-0.25, -0.2) is 13.6 Å². The number of hydrogen-bond donors (Lipinski definition) is 0. The molecule has 1 amide bonds. The van der Waals surface area contributed by atoms with Crippen LogP contribution in [0.4, 0.5) is 8.78 Å². The van der Waals surface area contributed by atoms with Gasteiger partial charge < -0.3 is 19.1 Å². The molecule has 0 radical (unpaired) electrons. The Morgan fingerprint density at radius 3 is 2.34 bits per heavy atom. The minimum atomic E-state index is -1.47. The van der Waals surface area contributed by atoms with Crippen molar-refractivity contribution < 1.29 is 27.8 Å². The van der Waals surface area contributed by atoms with Crippen LogP contribution in [0.3, 0.4) is 0 Å². The van der Waals surface area contributed by atoms with Crippen molar-refractivity contribution in [2.45, 2.75) is 38.1 Å². The van der Waals surface area contributed by atoms with Gasteiger partial charge in [0.25, 0.3) is 5.56 Å². The highest BCUT2D eigenvalue weighted by Crippen LogP contribution is 2.31. The molecule has 1 saturated heterocycles. The van der Waals surface area contributed by atoms with E-state index in [4.69, 9.17) is 37.4 Å². The van der Waals surface area contributed by atoms with Crippen LogP contribution >= 0.6 is 23.2 Å². The first-order chi connectivity index (χ1) is 22.7. The van der Waals surface area contributed by atoms with Gasteiger partial charge in [0.05, 0.1) is 40.2 Å². The molecule has 0 saturated carbocycles. The van der Waals surface area contributed by atoms with E-state index in [1.54, 1.807) is 41.3 Å². The third-order valence-corrected chi connectivity index (χ3v) is 8.73. The number of alkyl halides is 2. The molecule has 0 N–H and O–H groups in total. The lowest BCUT2D eigenvalue weighted by Crippen LogP contribution is -2.44. The number of fused-ring (bicyclic) bond motifs is 1. The normalized spacial score (nSPS) is 13.5. The standard InChI is InChI=1S/C33H30Cl2F2N4O6/c1-45-31-11-20(3-5-29(31)46-18-21-2-4-26(34)27(35)10-21)17-40-32(43)25-13-30(47-24(14-36)15-37)22(16-38)12-28(25)41(33(40)44)23-6-8-39(19-42)9-7-23/h2-5,10-13,19,23-24H,6-9,14-15,17-18H2,1H3. The van der Waals surface area contributed by atoms with Crippen LogP contribution in [0.5, 0.6) is 17.2 Å². The van der Waals surface area contributed by atoms with E-state index in [2.05, 4.69) is 0 Å². The van der Waals surface area contributed by atoms with Gasteiger partial charge in [0, 0.05) is 19.1 Å². The lowest BCUT2D eigenvalue weighted by molar-refractivity contribution is -0.119. The SMILES string of the molecule is COc1cc(Cn2c(=O)c3cc(OC(CF)CF)c(C#N)cc3n(C3CCN(C=O)CC3)c2=O)ccc1OCc1ccc(Cl)c(Cl)c1. The van der Waals surface area contributed by atoms with Crippen molar-refractivity contribution in [1.82, 2.24) is 14.0 Å². The predicted molar refractivity (Wildman–Crippen MR) is 172 cm³/mol. The largest absolute Gasteiger partial charge is 0.493 e. The van der Waals surface area contributed by atoms with Gasteiger partial charge in [-0.3, -0.25) is 18.7 Å². The maximum atomic E-state index is 14.1. The van der Waals surface area contributed by atoms with Crippen LogP contribution in [0.1, 0.15) is 35.6 Å². The summed E-state index contributed by atoms with van der Waals surface area (Å²) in [5, 5.41) is 10.7. The summed E-state index contributed by atoms with van der Waals surface area (Å²) in [5.74, 6) is 0.597. The van der Waals surface area contributed by atoms with Gasteiger partial charge in [-0.05, 0) is 60.4 Å². The summed E-state index contributed by atoms with van der Waals surface area (Å²) in [6.45, 7) is -1.49. The van der Waals surface area contributed by atoms with Crippen molar-refractivity contribution in [3.63, 3.8) is 0 Å². The lowest BCUT2D eigenvalue weighted by Gasteiger charge is -2.31. The Hall–Kier alpha value is -4.60. The summed E-state index contributed by atoms with van der Waals surface area (Å²) in [6.07, 6.45) is 0.130. The average Bonchev–Trinajstić information content (AvgIpc) is 3.09. The summed E-state index contributed by atoms with van der Waals surface area (Å²) in [6, 6.07) is 14.3. The minimum Gasteiger partial charge on any atom is -0.493 e. The van der Waals surface area contributed by atoms with Gasteiger partial charge in [-0.2, -0.15) is 5.26 Å². The summed E-state index contributed by atoms with van der Waals surface area (Å²) in [5.41, 5.74) is 0.127. The number of halogens is 4. The zero-order valence-corrected chi connectivity index (χ0v) is 26.8. The van der Waals surface area contributed by atoms with E-state index < -0.39 is 36.7 Å². The molecule has 0 bridgehead atoms. The molecule has 1 fully saturated rings. The number of likely N-dealkylation sites (tertiary alicyclic amines) is 1. The predicted octanol–water partition coefficient (Wildman–Crippen LogP) is 5.46. The van der Waals surface area contributed by atoms with Crippen LogP contribution in [0.15, 0.2) is 58.1 Å². The Morgan fingerprint density at radius 1 is 0.979 bits per heavy atom. The Bertz CT molecular complexity index is 1950. The molecule has 1 aromatic heterocycles. The third kappa shape index (κ3) is 7.21. The van der Waals surface area contributed by atoms with Gasteiger partial charge in [0.2, 0.25) is 6.41 Å². The quantitative estimate of drug-likeness (QED) is 0.182. The molecule has 1 aliphatic rings. The van der Waals surface area contributed by atoms with Crippen LogP contribution in [0, 0.1) is 11.3 Å². The number of aromatic nitrogens is 2. The number of carbonyl (C=O) groups is 1. The second-order valence-electron chi connectivity index (χ2n) is 11.0. The van der Waals surface area contributed by atoms with E-state index in [0.717, 1.165) is 16.5 Å². The van der Waals surface area contributed by atoms with E-state index in [0.29, 0.717) is 53.0 Å². The third-order valence-electron chi connectivity index (χ3n) is 7.99. The maximum absolute atomic E-state index is 14.1. The number of nitrogens with zero attached hydrogens (tertiary/aromatic N) is 4. The summed E-state index contributed by atoms with van der Waals surface area (Å²) in [7, 11) is 1.46. The summed E-state index contributed by atoms with van der Waals surface area (Å²) >= 11 is 12.1. The van der Waals surface area contributed by atoms with E-state index in [-0.39, 0.29) is 35.4 Å². The molecule has 0 aliphatic carbocycles. The zero-order valence-electron chi connectivity index (χ0n) is 25.3. The first kappa shape index (κ1) is 33.8. The monoisotopic (exact) mass is 686 g/mol. The molecular weight excluding hydrogens is 657 g/mol. The van der Waals surface area contributed by atoms with Crippen LogP contribution in [-0.4, -0.2) is 60.1 Å². The highest BCUT2D eigenvalue weighted by atomic mass is 35.5. The number of benzene rings is 3. The fourth-order valence-electron chi connectivity index (χ4n) is 5.52. The Morgan fingerprint density at radius 2 is 1.70 bits per heavy atom. The molecule has 0 unspecified atom stereocenters. The lowest BCUT2D eigenvalue weighted by atomic mass is 10.0. The van der Waals surface area contributed by atoms with Crippen LogP contribution < -0.4 is 25.5 Å². The fourth-order valence-corrected chi connectivity index (χ4v) is 5.84. The van der Waals surface area contributed by atoms with E-state index in [1.165, 1.54) is 23.8 Å². The number of carbonyl (C=O) groups excluding carboxylic acids is 1. The van der Waals surface area contributed by atoms with E-state index in [9.17, 15) is 28.4 Å². The second kappa shape index (κ2) is 14.9. The topological polar surface area (TPSA) is 116 Å². The molecular formula is C33H30Cl2F2N4O6. The summed E-state index contributed by atoms with van der Waals surface area (Å²) in [4.78, 5) is 41.0. The second-order valence-corrected chi connectivity index (χ2v) is 11.8. The molecule has 4 aromatic rings. The fraction of sp³-hybridized carbons (Fsp3) is 0.333. The number of nitriles is 1. The molecule has 5 rings (SSSR count). The van der Waals surface area contributed by atoms with Gasteiger partial charge in [-0.15, -0.1) is 0 Å². The molecule has 0 atom stereocenters. The number of ether oxygens (including phenoxy) is 3. The number of rotatable bonds is 12. The van der Waals surface area contributed by atoms with Crippen molar-refractivity contribution in [3.05, 3.63) is 96.1 Å². The van der Waals surface area contributed by atoms with Crippen molar-refractivity contribution in [2.24, 2.45) is 0 Å². The van der Waals surface area contributed by atoms with Gasteiger partial charge >= 0.3 is 5.69 Å². The Balaban J connectivity index is 1.56. The Kier molecular flexibility index (Phi) is 10.7. The maximum Gasteiger partial charge on any atom is 0.332 e. The van der Waals surface area contributed by atoms with E-state index in [1.807, 2.05) is 6.07 Å². The van der Waals surface area contributed by atoms with Crippen molar-refractivity contribution in [3.8, 4) is 23.3 Å². The number of hydrogen-bond acceptors (Lipinski definition) is 7. The van der Waals surface area contributed by atoms with Gasteiger partial charge in [0.15, 0.2) is 17.6 Å². The summed E-state index contributed by atoms with van der Waals surface area (Å²) < 4.78 is 46.1. The van der Waals surface area contributed by atoms with Crippen molar-refractivity contribution in [2.75, 3.05) is 33.5 Å². The average molecular weight is 688 g/mol. The number of piperidine rings is 1. The molecule has 10 nitrogen and oxygen atoms in total.